The van der Waals surface area contributed by atoms with E-state index in [1.165, 1.54) is 11.3 Å². The summed E-state index contributed by atoms with van der Waals surface area (Å²) in [5.74, 6) is 0.618. The van der Waals surface area contributed by atoms with Crippen molar-refractivity contribution in [2.24, 2.45) is 7.05 Å². The monoisotopic (exact) mass is 342 g/mol. The molecule has 3 rings (SSSR count). The predicted octanol–water partition coefficient (Wildman–Crippen LogP) is 2.79. The minimum absolute atomic E-state index is 0.195. The van der Waals surface area contributed by atoms with Gasteiger partial charge in [0, 0.05) is 23.7 Å². The first-order valence-electron chi connectivity index (χ1n) is 7.44. The van der Waals surface area contributed by atoms with Gasteiger partial charge >= 0.3 is 0 Å². The number of carbonyl (C=O) groups excluding carboxylic acids is 1. The zero-order chi connectivity index (χ0) is 17.1. The Labute approximate surface area is 144 Å². The van der Waals surface area contributed by atoms with Crippen molar-refractivity contribution in [2.45, 2.75) is 13.5 Å². The Morgan fingerprint density at radius 3 is 2.71 bits per heavy atom. The number of nitrogens with zero attached hydrogens (tertiary/aromatic N) is 3. The SMILES string of the molecule is COc1ccc(-c2csc(CNC(=O)c3cc(C)n(C)n3)n2)cc1. The number of hydrogen-bond donors (Lipinski definition) is 1. The fraction of sp³-hybridized carbons (Fsp3) is 0.235. The molecular formula is C17H18N4O2S. The van der Waals surface area contributed by atoms with Crippen molar-refractivity contribution in [2.75, 3.05) is 7.11 Å². The number of hydrogen-bond acceptors (Lipinski definition) is 5. The van der Waals surface area contributed by atoms with E-state index in [1.54, 1.807) is 17.9 Å². The number of thiazole rings is 1. The van der Waals surface area contributed by atoms with Crippen LogP contribution in [0.1, 0.15) is 21.2 Å². The summed E-state index contributed by atoms with van der Waals surface area (Å²) in [5.41, 5.74) is 3.27. The third-order valence-electron chi connectivity index (χ3n) is 3.68. The van der Waals surface area contributed by atoms with Crippen LogP contribution in [0.4, 0.5) is 0 Å². The fourth-order valence-corrected chi connectivity index (χ4v) is 2.95. The molecule has 7 heteroatoms. The van der Waals surface area contributed by atoms with Crippen LogP contribution in [0.3, 0.4) is 0 Å². The van der Waals surface area contributed by atoms with Crippen LogP contribution >= 0.6 is 11.3 Å². The smallest absolute Gasteiger partial charge is 0.272 e. The van der Waals surface area contributed by atoms with Gasteiger partial charge in [-0.3, -0.25) is 9.48 Å². The summed E-state index contributed by atoms with van der Waals surface area (Å²) in [5, 5.41) is 9.85. The highest BCUT2D eigenvalue weighted by Crippen LogP contribution is 2.24. The zero-order valence-corrected chi connectivity index (χ0v) is 14.6. The van der Waals surface area contributed by atoms with Gasteiger partial charge < -0.3 is 10.1 Å². The first-order chi connectivity index (χ1) is 11.6. The summed E-state index contributed by atoms with van der Waals surface area (Å²) in [6.45, 7) is 2.29. The van der Waals surface area contributed by atoms with Gasteiger partial charge in [-0.1, -0.05) is 0 Å². The lowest BCUT2D eigenvalue weighted by atomic mass is 10.2. The van der Waals surface area contributed by atoms with E-state index in [0.717, 1.165) is 27.7 Å². The summed E-state index contributed by atoms with van der Waals surface area (Å²) in [4.78, 5) is 16.7. The summed E-state index contributed by atoms with van der Waals surface area (Å²) in [6.07, 6.45) is 0. The number of methoxy groups -OCH3 is 1. The molecule has 0 radical (unpaired) electrons. The Hall–Kier alpha value is -2.67. The molecule has 2 heterocycles. The Morgan fingerprint density at radius 1 is 1.33 bits per heavy atom. The Kier molecular flexibility index (Phi) is 4.61. The van der Waals surface area contributed by atoms with Crippen LogP contribution in [0.2, 0.25) is 0 Å². The van der Waals surface area contributed by atoms with Crippen molar-refractivity contribution in [3.05, 3.63) is 52.1 Å². The fourth-order valence-electron chi connectivity index (χ4n) is 2.20. The molecule has 2 aromatic heterocycles. The molecule has 1 aromatic carbocycles. The Morgan fingerprint density at radius 2 is 2.08 bits per heavy atom. The maximum atomic E-state index is 12.1. The highest BCUT2D eigenvalue weighted by atomic mass is 32.1. The average Bonchev–Trinajstić information content (AvgIpc) is 3.20. The number of ether oxygens (including phenoxy) is 1. The number of carbonyl (C=O) groups is 1. The first kappa shape index (κ1) is 16.2. The molecule has 6 nitrogen and oxygen atoms in total. The second-order valence-corrected chi connectivity index (χ2v) is 6.27. The highest BCUT2D eigenvalue weighted by molar-refractivity contribution is 7.09. The van der Waals surface area contributed by atoms with Crippen molar-refractivity contribution >= 4 is 17.2 Å². The molecule has 0 spiro atoms. The second kappa shape index (κ2) is 6.84. The number of nitrogens with one attached hydrogen (secondary N) is 1. The lowest BCUT2D eigenvalue weighted by Crippen LogP contribution is -2.23. The molecule has 24 heavy (non-hydrogen) atoms. The van der Waals surface area contributed by atoms with Gasteiger partial charge in [-0.15, -0.1) is 11.3 Å². The van der Waals surface area contributed by atoms with Crippen molar-refractivity contribution in [1.82, 2.24) is 20.1 Å². The summed E-state index contributed by atoms with van der Waals surface area (Å²) >= 11 is 1.52. The van der Waals surface area contributed by atoms with Crippen LogP contribution in [0, 0.1) is 6.92 Å². The van der Waals surface area contributed by atoms with Gasteiger partial charge in [0.25, 0.3) is 5.91 Å². The molecule has 0 saturated heterocycles. The topological polar surface area (TPSA) is 69.0 Å². The van der Waals surface area contributed by atoms with Crippen molar-refractivity contribution in [3.63, 3.8) is 0 Å². The van der Waals surface area contributed by atoms with E-state index in [4.69, 9.17) is 4.74 Å². The quantitative estimate of drug-likeness (QED) is 0.774. The van der Waals surface area contributed by atoms with Crippen LogP contribution in [-0.4, -0.2) is 27.8 Å². The molecule has 0 aliphatic carbocycles. The lowest BCUT2D eigenvalue weighted by Gasteiger charge is -2.01. The normalized spacial score (nSPS) is 10.6. The zero-order valence-electron chi connectivity index (χ0n) is 13.7. The summed E-state index contributed by atoms with van der Waals surface area (Å²) < 4.78 is 6.84. The van der Waals surface area contributed by atoms with Crippen molar-refractivity contribution in [1.29, 1.82) is 0 Å². The number of aromatic nitrogens is 3. The van der Waals surface area contributed by atoms with Crippen molar-refractivity contribution < 1.29 is 9.53 Å². The van der Waals surface area contributed by atoms with E-state index in [1.807, 2.05) is 43.6 Å². The third kappa shape index (κ3) is 3.46. The molecule has 0 saturated carbocycles. The maximum absolute atomic E-state index is 12.1. The first-order valence-corrected chi connectivity index (χ1v) is 8.32. The van der Waals surface area contributed by atoms with Gasteiger partial charge in [0.2, 0.25) is 0 Å². The van der Waals surface area contributed by atoms with E-state index in [2.05, 4.69) is 15.4 Å². The number of amides is 1. The number of aryl methyl sites for hydroxylation is 2. The number of benzene rings is 1. The molecule has 1 amide bonds. The lowest BCUT2D eigenvalue weighted by molar-refractivity contribution is 0.0945. The molecule has 0 unspecified atom stereocenters. The summed E-state index contributed by atoms with van der Waals surface area (Å²) in [7, 11) is 3.45. The average molecular weight is 342 g/mol. The van der Waals surface area contributed by atoms with Gasteiger partial charge in [-0.05, 0) is 37.3 Å². The van der Waals surface area contributed by atoms with Gasteiger partial charge in [0.05, 0.1) is 19.3 Å². The molecule has 0 fully saturated rings. The third-order valence-corrected chi connectivity index (χ3v) is 4.53. The highest BCUT2D eigenvalue weighted by Gasteiger charge is 2.12. The van der Waals surface area contributed by atoms with Crippen LogP contribution in [0.15, 0.2) is 35.7 Å². The van der Waals surface area contributed by atoms with Gasteiger partial charge in [-0.2, -0.15) is 5.10 Å². The Balaban J connectivity index is 1.64. The molecular weight excluding hydrogens is 324 g/mol. The minimum Gasteiger partial charge on any atom is -0.497 e. The maximum Gasteiger partial charge on any atom is 0.272 e. The van der Waals surface area contributed by atoms with E-state index in [-0.39, 0.29) is 5.91 Å². The van der Waals surface area contributed by atoms with E-state index < -0.39 is 0 Å². The molecule has 124 valence electrons. The minimum atomic E-state index is -0.195. The number of rotatable bonds is 5. The molecule has 3 aromatic rings. The van der Waals surface area contributed by atoms with E-state index in [9.17, 15) is 4.79 Å². The predicted molar refractivity (Wildman–Crippen MR) is 93.2 cm³/mol. The van der Waals surface area contributed by atoms with Crippen LogP contribution in [0.25, 0.3) is 11.3 Å². The molecule has 0 bridgehead atoms. The van der Waals surface area contributed by atoms with Crippen LogP contribution in [-0.2, 0) is 13.6 Å². The van der Waals surface area contributed by atoms with E-state index >= 15 is 0 Å². The Bertz CT molecular complexity index is 832. The molecule has 1 N–H and O–H groups in total. The van der Waals surface area contributed by atoms with Gasteiger partial charge in [0.15, 0.2) is 0 Å². The van der Waals surface area contributed by atoms with Crippen molar-refractivity contribution in [3.8, 4) is 17.0 Å². The standard InChI is InChI=1S/C17H18N4O2S/c1-11-8-14(20-21(11)2)17(22)18-9-16-19-15(10-24-16)12-4-6-13(23-3)7-5-12/h4-8,10H,9H2,1-3H3,(H,18,22). The van der Waals surface area contributed by atoms with Gasteiger partial charge in [-0.25, -0.2) is 4.98 Å². The second-order valence-electron chi connectivity index (χ2n) is 5.33. The molecule has 0 aliphatic heterocycles. The van der Waals surface area contributed by atoms with Gasteiger partial charge in [0.1, 0.15) is 16.5 Å². The summed E-state index contributed by atoms with van der Waals surface area (Å²) in [6, 6.07) is 9.50. The largest absolute Gasteiger partial charge is 0.497 e. The van der Waals surface area contributed by atoms with Crippen LogP contribution < -0.4 is 10.1 Å². The molecule has 0 atom stereocenters. The van der Waals surface area contributed by atoms with Crippen LogP contribution in [0.5, 0.6) is 5.75 Å². The van der Waals surface area contributed by atoms with E-state index in [0.29, 0.717) is 12.2 Å². The molecule has 0 aliphatic rings.